The molecule has 33 heavy (non-hydrogen) atoms. The van der Waals surface area contributed by atoms with Crippen LogP contribution in [0.1, 0.15) is 64.5 Å². The lowest BCUT2D eigenvalue weighted by atomic mass is 9.88. The molecular formula is C25H33N5O3. The minimum Gasteiger partial charge on any atom is -0.447 e. The van der Waals surface area contributed by atoms with Gasteiger partial charge in [-0.1, -0.05) is 45.2 Å². The zero-order chi connectivity index (χ0) is 23.4. The molecule has 2 aliphatic rings. The summed E-state index contributed by atoms with van der Waals surface area (Å²) in [4.78, 5) is 35.2. The maximum atomic E-state index is 12.5. The number of carbonyl (C=O) groups is 2. The van der Waals surface area contributed by atoms with Crippen LogP contribution in [-0.2, 0) is 9.53 Å². The van der Waals surface area contributed by atoms with Gasteiger partial charge in [-0.2, -0.15) is 4.98 Å². The number of hydrogen-bond donors (Lipinski definition) is 2. The van der Waals surface area contributed by atoms with Crippen molar-refractivity contribution >= 4 is 29.5 Å². The normalized spacial score (nSPS) is 19.9. The maximum Gasteiger partial charge on any atom is 0.415 e. The van der Waals surface area contributed by atoms with Gasteiger partial charge in [0.1, 0.15) is 12.4 Å². The molecule has 1 aromatic carbocycles. The van der Waals surface area contributed by atoms with Crippen LogP contribution in [0, 0.1) is 11.8 Å². The fourth-order valence-corrected chi connectivity index (χ4v) is 4.48. The van der Waals surface area contributed by atoms with Gasteiger partial charge in [-0.3, -0.25) is 9.69 Å². The van der Waals surface area contributed by atoms with E-state index in [1.165, 1.54) is 6.42 Å². The molecule has 0 radical (unpaired) electrons. The van der Waals surface area contributed by atoms with Crippen LogP contribution in [-0.4, -0.2) is 34.6 Å². The molecule has 2 amide bonds. The van der Waals surface area contributed by atoms with Crippen molar-refractivity contribution in [2.45, 2.75) is 65.0 Å². The molecule has 1 aromatic heterocycles. The summed E-state index contributed by atoms with van der Waals surface area (Å²) < 4.78 is 5.24. The Morgan fingerprint density at radius 3 is 2.52 bits per heavy atom. The molecule has 0 bridgehead atoms. The summed E-state index contributed by atoms with van der Waals surface area (Å²) in [6, 6.07) is 9.46. The van der Waals surface area contributed by atoms with Crippen LogP contribution >= 0.6 is 0 Å². The monoisotopic (exact) mass is 451 g/mol. The van der Waals surface area contributed by atoms with Gasteiger partial charge in [0.2, 0.25) is 11.9 Å². The Bertz CT molecular complexity index is 972. The number of benzene rings is 1. The highest BCUT2D eigenvalue weighted by molar-refractivity contribution is 5.92. The van der Waals surface area contributed by atoms with E-state index in [0.717, 1.165) is 36.9 Å². The number of carbonyl (C=O) groups excluding carboxylic acids is 2. The zero-order valence-electron chi connectivity index (χ0n) is 19.6. The lowest BCUT2D eigenvalue weighted by Crippen LogP contribution is -2.37. The number of aromatic nitrogens is 2. The average Bonchev–Trinajstić information content (AvgIpc) is 3.22. The molecule has 2 N–H and O–H groups in total. The second-order valence-electron chi connectivity index (χ2n) is 9.31. The lowest BCUT2D eigenvalue weighted by Gasteiger charge is -2.24. The Labute approximate surface area is 195 Å². The van der Waals surface area contributed by atoms with Crippen molar-refractivity contribution in [3.05, 3.63) is 42.1 Å². The summed E-state index contributed by atoms with van der Waals surface area (Å²) in [5.41, 5.74) is 1.85. The molecule has 2 heterocycles. The van der Waals surface area contributed by atoms with Crippen molar-refractivity contribution in [3.8, 4) is 0 Å². The van der Waals surface area contributed by atoms with Crippen LogP contribution < -0.4 is 15.5 Å². The minimum absolute atomic E-state index is 0.0472. The fourth-order valence-electron chi connectivity index (χ4n) is 4.48. The highest BCUT2D eigenvalue weighted by Gasteiger charge is 2.37. The average molecular weight is 452 g/mol. The summed E-state index contributed by atoms with van der Waals surface area (Å²) in [5.74, 6) is 1.48. The van der Waals surface area contributed by atoms with E-state index in [2.05, 4.69) is 34.4 Å². The Morgan fingerprint density at radius 2 is 1.82 bits per heavy atom. The summed E-state index contributed by atoms with van der Waals surface area (Å²) in [5, 5.41) is 6.35. The van der Waals surface area contributed by atoms with Crippen molar-refractivity contribution in [3.63, 3.8) is 0 Å². The molecule has 8 nitrogen and oxygen atoms in total. The van der Waals surface area contributed by atoms with Crippen molar-refractivity contribution in [1.29, 1.82) is 0 Å². The molecule has 8 heteroatoms. The molecule has 0 spiro atoms. The molecule has 176 valence electrons. The van der Waals surface area contributed by atoms with Crippen LogP contribution in [0.3, 0.4) is 0 Å². The van der Waals surface area contributed by atoms with Crippen LogP contribution in [0.4, 0.5) is 22.2 Å². The quantitative estimate of drug-likeness (QED) is 0.604. The number of nitrogens with one attached hydrogen (secondary N) is 2. The molecule has 2 fully saturated rings. The van der Waals surface area contributed by atoms with Gasteiger partial charge in [0, 0.05) is 17.8 Å². The fraction of sp³-hybridized carbons (Fsp3) is 0.520. The van der Waals surface area contributed by atoms with E-state index in [1.807, 2.05) is 31.2 Å². The second kappa shape index (κ2) is 10.2. The van der Waals surface area contributed by atoms with E-state index in [0.29, 0.717) is 18.4 Å². The molecule has 1 saturated carbocycles. The van der Waals surface area contributed by atoms with Gasteiger partial charge in [-0.05, 0) is 49.4 Å². The number of ether oxygens (including phenoxy) is 1. The highest BCUT2D eigenvalue weighted by Crippen LogP contribution is 2.28. The predicted molar refractivity (Wildman–Crippen MR) is 128 cm³/mol. The molecule has 1 aliphatic heterocycles. The SMILES string of the molecule is CC(C)C1COC(=O)N1c1ccnc(N[C@@H](C)c2ccc(NC(=O)C3CCCCC3)cc2)n1. The molecule has 2 atom stereocenters. The third-order valence-electron chi connectivity index (χ3n) is 6.56. The minimum atomic E-state index is -0.378. The second-order valence-corrected chi connectivity index (χ2v) is 9.31. The largest absolute Gasteiger partial charge is 0.447 e. The van der Waals surface area contributed by atoms with Gasteiger partial charge in [-0.15, -0.1) is 0 Å². The first kappa shape index (κ1) is 23.0. The van der Waals surface area contributed by atoms with Gasteiger partial charge in [0.15, 0.2) is 0 Å². The van der Waals surface area contributed by atoms with E-state index in [-0.39, 0.29) is 35.9 Å². The predicted octanol–water partition coefficient (Wildman–Crippen LogP) is 5.15. The first-order valence-corrected chi connectivity index (χ1v) is 11.9. The summed E-state index contributed by atoms with van der Waals surface area (Å²) in [7, 11) is 0. The van der Waals surface area contributed by atoms with Crippen molar-refractivity contribution < 1.29 is 14.3 Å². The number of rotatable bonds is 7. The standard InChI is InChI=1S/C25H33N5O3/c1-16(2)21-15-33-25(32)30(21)22-13-14-26-24(29-22)27-17(3)18-9-11-20(12-10-18)28-23(31)19-7-5-4-6-8-19/h9-14,16-17,19,21H,4-8,15H2,1-3H3,(H,28,31)(H,26,27,29)/t17-,21?/m0/s1. The molecular weight excluding hydrogens is 418 g/mol. The van der Waals surface area contributed by atoms with E-state index < -0.39 is 0 Å². The zero-order valence-corrected chi connectivity index (χ0v) is 19.6. The van der Waals surface area contributed by atoms with E-state index in [1.54, 1.807) is 17.2 Å². The number of nitrogens with zero attached hydrogens (tertiary/aromatic N) is 3. The van der Waals surface area contributed by atoms with Crippen molar-refractivity contribution in [1.82, 2.24) is 9.97 Å². The Morgan fingerprint density at radius 1 is 1.09 bits per heavy atom. The molecule has 4 rings (SSSR count). The van der Waals surface area contributed by atoms with Gasteiger partial charge in [0.25, 0.3) is 0 Å². The van der Waals surface area contributed by atoms with Crippen molar-refractivity contribution in [2.24, 2.45) is 11.8 Å². The maximum absolute atomic E-state index is 12.5. The number of anilines is 3. The topological polar surface area (TPSA) is 96.5 Å². The van der Waals surface area contributed by atoms with Crippen LogP contribution in [0.5, 0.6) is 0 Å². The first-order chi connectivity index (χ1) is 15.9. The summed E-state index contributed by atoms with van der Waals surface area (Å²) >= 11 is 0. The number of hydrogen-bond acceptors (Lipinski definition) is 6. The Kier molecular flexibility index (Phi) is 7.11. The molecule has 1 saturated heterocycles. The first-order valence-electron chi connectivity index (χ1n) is 11.9. The van der Waals surface area contributed by atoms with Gasteiger partial charge < -0.3 is 15.4 Å². The molecule has 1 aliphatic carbocycles. The Hall–Kier alpha value is -3.16. The molecule has 1 unspecified atom stereocenters. The van der Waals surface area contributed by atoms with Gasteiger partial charge in [-0.25, -0.2) is 9.78 Å². The summed E-state index contributed by atoms with van der Waals surface area (Å²) in [6.45, 7) is 6.50. The Balaban J connectivity index is 1.39. The number of amides is 2. The van der Waals surface area contributed by atoms with E-state index in [4.69, 9.17) is 4.74 Å². The summed E-state index contributed by atoms with van der Waals surface area (Å²) in [6.07, 6.45) is 6.74. The van der Waals surface area contributed by atoms with Crippen molar-refractivity contribution in [2.75, 3.05) is 22.1 Å². The van der Waals surface area contributed by atoms with Crippen LogP contribution in [0.25, 0.3) is 0 Å². The smallest absolute Gasteiger partial charge is 0.415 e. The third kappa shape index (κ3) is 5.43. The number of cyclic esters (lactones) is 1. The van der Waals surface area contributed by atoms with Gasteiger partial charge >= 0.3 is 6.09 Å². The lowest BCUT2D eigenvalue weighted by molar-refractivity contribution is -0.120. The van der Waals surface area contributed by atoms with E-state index in [9.17, 15) is 9.59 Å². The van der Waals surface area contributed by atoms with Crippen LogP contribution in [0.2, 0.25) is 0 Å². The molecule has 2 aromatic rings. The van der Waals surface area contributed by atoms with Crippen LogP contribution in [0.15, 0.2) is 36.5 Å². The van der Waals surface area contributed by atoms with Gasteiger partial charge in [0.05, 0.1) is 12.1 Å². The third-order valence-corrected chi connectivity index (χ3v) is 6.56. The van der Waals surface area contributed by atoms with E-state index >= 15 is 0 Å². The highest BCUT2D eigenvalue weighted by atomic mass is 16.6.